The first-order valence-corrected chi connectivity index (χ1v) is 8.09. The highest BCUT2D eigenvalue weighted by molar-refractivity contribution is 6.31. The van der Waals surface area contributed by atoms with Crippen LogP contribution < -0.4 is 5.32 Å². The molecule has 0 aliphatic heterocycles. The van der Waals surface area contributed by atoms with Gasteiger partial charge in [-0.3, -0.25) is 4.79 Å². The normalized spacial score (nSPS) is 20.5. The van der Waals surface area contributed by atoms with Crippen LogP contribution in [-0.2, 0) is 4.79 Å². The van der Waals surface area contributed by atoms with Crippen molar-refractivity contribution >= 4 is 35.0 Å². The zero-order valence-corrected chi connectivity index (χ0v) is 13.7. The number of halogens is 1. The van der Waals surface area contributed by atoms with E-state index in [4.69, 9.17) is 11.6 Å². The molecule has 1 aliphatic rings. The van der Waals surface area contributed by atoms with E-state index >= 15 is 0 Å². The van der Waals surface area contributed by atoms with E-state index in [-0.39, 0.29) is 5.91 Å². The molecular weight excluding hydrogens is 324 g/mol. The van der Waals surface area contributed by atoms with E-state index in [9.17, 15) is 10.0 Å². The van der Waals surface area contributed by atoms with Crippen LogP contribution in [-0.4, -0.2) is 16.8 Å². The summed E-state index contributed by atoms with van der Waals surface area (Å²) < 4.78 is 0. The molecule has 1 amide bonds. The standard InChI is InChI=1S/C19H17ClN2O2/c20-15-7-4-8-16(12-15)21-19(23)17-10-9-14(18(17)22-24)11-13-5-2-1-3-6-13/h1-8,11-12,17,24H,9-10H2,(H,21,23)/b14-11+,22-18-. The van der Waals surface area contributed by atoms with Crippen molar-refractivity contribution in [2.45, 2.75) is 12.8 Å². The van der Waals surface area contributed by atoms with Crippen LogP contribution in [0.3, 0.4) is 0 Å². The molecule has 5 heteroatoms. The lowest BCUT2D eigenvalue weighted by atomic mass is 10.0. The summed E-state index contributed by atoms with van der Waals surface area (Å²) in [5.41, 5.74) is 2.96. The molecule has 0 radical (unpaired) electrons. The molecule has 1 unspecified atom stereocenters. The number of oxime groups is 1. The van der Waals surface area contributed by atoms with E-state index in [2.05, 4.69) is 10.5 Å². The molecular formula is C19H17ClN2O2. The summed E-state index contributed by atoms with van der Waals surface area (Å²) in [5, 5.41) is 16.2. The summed E-state index contributed by atoms with van der Waals surface area (Å²) in [6.45, 7) is 0. The van der Waals surface area contributed by atoms with Gasteiger partial charge in [-0.2, -0.15) is 0 Å². The molecule has 1 fully saturated rings. The lowest BCUT2D eigenvalue weighted by molar-refractivity contribution is -0.118. The zero-order valence-electron chi connectivity index (χ0n) is 12.9. The van der Waals surface area contributed by atoms with Crippen molar-refractivity contribution in [3.05, 3.63) is 70.8 Å². The predicted octanol–water partition coefficient (Wildman–Crippen LogP) is 4.60. The van der Waals surface area contributed by atoms with Crippen LogP contribution in [0.4, 0.5) is 5.69 Å². The van der Waals surface area contributed by atoms with Crippen LogP contribution in [0.15, 0.2) is 65.3 Å². The van der Waals surface area contributed by atoms with Gasteiger partial charge in [-0.05, 0) is 48.3 Å². The number of nitrogens with one attached hydrogen (secondary N) is 1. The maximum atomic E-state index is 12.5. The first kappa shape index (κ1) is 16.3. The van der Waals surface area contributed by atoms with E-state index in [0.717, 1.165) is 11.1 Å². The summed E-state index contributed by atoms with van der Waals surface area (Å²) in [4.78, 5) is 12.5. The minimum absolute atomic E-state index is 0.193. The van der Waals surface area contributed by atoms with E-state index < -0.39 is 5.92 Å². The van der Waals surface area contributed by atoms with E-state index in [1.807, 2.05) is 36.4 Å². The van der Waals surface area contributed by atoms with Crippen molar-refractivity contribution in [3.63, 3.8) is 0 Å². The highest BCUT2D eigenvalue weighted by Gasteiger charge is 2.33. The molecule has 2 aromatic carbocycles. The molecule has 4 nitrogen and oxygen atoms in total. The van der Waals surface area contributed by atoms with Gasteiger partial charge in [0.2, 0.25) is 5.91 Å². The lowest BCUT2D eigenvalue weighted by Gasteiger charge is -2.11. The van der Waals surface area contributed by atoms with E-state index in [0.29, 0.717) is 29.3 Å². The van der Waals surface area contributed by atoms with Crippen molar-refractivity contribution in [3.8, 4) is 0 Å². The van der Waals surface area contributed by atoms with Gasteiger partial charge in [-0.15, -0.1) is 0 Å². The van der Waals surface area contributed by atoms with Gasteiger partial charge in [0, 0.05) is 10.7 Å². The SMILES string of the molecule is O=C(Nc1cccc(Cl)c1)C1CCC(=C\c2ccccc2)/C1=N/O. The summed E-state index contributed by atoms with van der Waals surface area (Å²) >= 11 is 5.93. The Morgan fingerprint density at radius 2 is 2.00 bits per heavy atom. The fourth-order valence-corrected chi connectivity index (χ4v) is 3.06. The Kier molecular flexibility index (Phi) is 4.96. The van der Waals surface area contributed by atoms with Gasteiger partial charge in [0.05, 0.1) is 11.6 Å². The maximum absolute atomic E-state index is 12.5. The number of hydrogen-bond acceptors (Lipinski definition) is 3. The predicted molar refractivity (Wildman–Crippen MR) is 96.4 cm³/mol. The fourth-order valence-electron chi connectivity index (χ4n) is 2.87. The molecule has 122 valence electrons. The van der Waals surface area contributed by atoms with Gasteiger partial charge in [-0.1, -0.05) is 53.2 Å². The molecule has 0 aromatic heterocycles. The summed E-state index contributed by atoms with van der Waals surface area (Å²) in [5.74, 6) is -0.662. The lowest BCUT2D eigenvalue weighted by Crippen LogP contribution is -2.26. The smallest absolute Gasteiger partial charge is 0.233 e. The molecule has 24 heavy (non-hydrogen) atoms. The number of rotatable bonds is 3. The number of carbonyl (C=O) groups excluding carboxylic acids is 1. The second-order valence-corrected chi connectivity index (χ2v) is 6.09. The molecule has 0 spiro atoms. The van der Waals surface area contributed by atoms with Crippen LogP contribution in [0.2, 0.25) is 5.02 Å². The van der Waals surface area contributed by atoms with Crippen molar-refractivity contribution in [2.24, 2.45) is 11.1 Å². The van der Waals surface area contributed by atoms with Gasteiger partial charge in [0.1, 0.15) is 0 Å². The molecule has 2 aromatic rings. The van der Waals surface area contributed by atoms with Crippen LogP contribution in [0.1, 0.15) is 18.4 Å². The van der Waals surface area contributed by atoms with Gasteiger partial charge in [-0.25, -0.2) is 0 Å². The minimum Gasteiger partial charge on any atom is -0.411 e. The molecule has 0 saturated heterocycles. The summed E-state index contributed by atoms with van der Waals surface area (Å²) in [6.07, 6.45) is 3.27. The van der Waals surface area contributed by atoms with Gasteiger partial charge in [0.25, 0.3) is 0 Å². The Balaban J connectivity index is 1.77. The number of nitrogens with zero attached hydrogens (tertiary/aromatic N) is 1. The highest BCUT2D eigenvalue weighted by Crippen LogP contribution is 2.30. The van der Waals surface area contributed by atoms with Crippen molar-refractivity contribution < 1.29 is 10.0 Å². The number of benzene rings is 2. The van der Waals surface area contributed by atoms with Gasteiger partial charge < -0.3 is 10.5 Å². The highest BCUT2D eigenvalue weighted by atomic mass is 35.5. The quantitative estimate of drug-likeness (QED) is 0.633. The topological polar surface area (TPSA) is 61.7 Å². The van der Waals surface area contributed by atoms with Gasteiger partial charge >= 0.3 is 0 Å². The Morgan fingerprint density at radius 1 is 1.21 bits per heavy atom. The third-order valence-electron chi connectivity index (χ3n) is 4.02. The number of carbonyl (C=O) groups is 1. The van der Waals surface area contributed by atoms with E-state index in [1.54, 1.807) is 24.3 Å². The Hall–Kier alpha value is -2.59. The number of allylic oxidation sites excluding steroid dienone is 1. The third kappa shape index (κ3) is 3.66. The van der Waals surface area contributed by atoms with Crippen molar-refractivity contribution in [2.75, 3.05) is 5.32 Å². The molecule has 3 rings (SSSR count). The Bertz CT molecular complexity index is 800. The Labute approximate surface area is 145 Å². The first-order chi connectivity index (χ1) is 11.7. The molecule has 1 saturated carbocycles. The molecule has 0 heterocycles. The van der Waals surface area contributed by atoms with Crippen molar-refractivity contribution in [1.82, 2.24) is 0 Å². The summed E-state index contributed by atoms with van der Waals surface area (Å²) in [7, 11) is 0. The second kappa shape index (κ2) is 7.32. The average Bonchev–Trinajstić information content (AvgIpc) is 2.98. The summed E-state index contributed by atoms with van der Waals surface area (Å²) in [6, 6.07) is 16.8. The monoisotopic (exact) mass is 340 g/mol. The van der Waals surface area contributed by atoms with Gasteiger partial charge in [0.15, 0.2) is 0 Å². The molecule has 1 aliphatic carbocycles. The van der Waals surface area contributed by atoms with E-state index in [1.165, 1.54) is 0 Å². The first-order valence-electron chi connectivity index (χ1n) is 7.72. The number of amides is 1. The third-order valence-corrected chi connectivity index (χ3v) is 4.25. The van der Waals surface area contributed by atoms with Crippen molar-refractivity contribution in [1.29, 1.82) is 0 Å². The molecule has 1 atom stereocenters. The number of hydrogen-bond donors (Lipinski definition) is 2. The fraction of sp³-hybridized carbons (Fsp3) is 0.158. The van der Waals surface area contributed by atoms with Crippen LogP contribution in [0.25, 0.3) is 6.08 Å². The van der Waals surface area contributed by atoms with Crippen LogP contribution in [0, 0.1) is 5.92 Å². The average molecular weight is 341 g/mol. The molecule has 2 N–H and O–H groups in total. The van der Waals surface area contributed by atoms with Crippen LogP contribution >= 0.6 is 11.6 Å². The second-order valence-electron chi connectivity index (χ2n) is 5.66. The largest absolute Gasteiger partial charge is 0.411 e. The Morgan fingerprint density at radius 3 is 2.71 bits per heavy atom. The minimum atomic E-state index is -0.469. The maximum Gasteiger partial charge on any atom is 0.233 e. The zero-order chi connectivity index (χ0) is 16.9. The van der Waals surface area contributed by atoms with Crippen LogP contribution in [0.5, 0.6) is 0 Å². The number of anilines is 1. The molecule has 0 bridgehead atoms.